The maximum Gasteiger partial charge on any atom is 0.302 e. The second-order valence-electron chi connectivity index (χ2n) is 9.72. The Morgan fingerprint density at radius 1 is 0.919 bits per heavy atom. The van der Waals surface area contributed by atoms with Gasteiger partial charge in [0, 0.05) is 20.0 Å². The van der Waals surface area contributed by atoms with Crippen LogP contribution in [0, 0.1) is 11.8 Å². The number of aliphatic hydroxyl groups is 3. The standard InChI is InChI=1S/C14H24N2O3S.C10H18N2O4S/c1-5-6-15-14-16-12-9(3)8(2)11(7-18-10(4)17)19-13(12)20-14;1-2-3-11-10-12-6-8(15)7(14)5(4-13)16-9(6)17-10/h8-9,11-13H,5-7H2,1-4H3,(H,15,16);5-9,13-15H,2-4H2,1H3,(H,11,12)/t8-,9-,11+,12?,13?;5-,6?,7-,8-,9?/m01/s1. The molecule has 5 N–H and O–H groups in total. The Morgan fingerprint density at radius 3 is 2.00 bits per heavy atom. The van der Waals surface area contributed by atoms with Crippen LogP contribution in [0.25, 0.3) is 0 Å². The van der Waals surface area contributed by atoms with Crippen molar-refractivity contribution in [1.82, 2.24) is 10.6 Å². The minimum Gasteiger partial charge on any atom is -0.463 e. The highest BCUT2D eigenvalue weighted by atomic mass is 32.2. The summed E-state index contributed by atoms with van der Waals surface area (Å²) in [5.41, 5.74) is -0.237. The van der Waals surface area contributed by atoms with Crippen LogP contribution in [-0.2, 0) is 19.0 Å². The number of nitrogens with one attached hydrogen (secondary N) is 2. The molecular weight excluding hydrogens is 520 g/mol. The summed E-state index contributed by atoms with van der Waals surface area (Å²) in [6, 6.07) is -0.0763. The van der Waals surface area contributed by atoms with Crippen molar-refractivity contribution >= 4 is 39.8 Å². The summed E-state index contributed by atoms with van der Waals surface area (Å²) in [4.78, 5) is 19.8. The zero-order chi connectivity index (χ0) is 27.1. The summed E-state index contributed by atoms with van der Waals surface area (Å²) in [6.45, 7) is 11.6. The van der Waals surface area contributed by atoms with Crippen molar-refractivity contribution in [3.63, 3.8) is 0 Å². The number of amidine groups is 2. The van der Waals surface area contributed by atoms with Crippen molar-refractivity contribution in [2.45, 2.75) is 94.8 Å². The lowest BCUT2D eigenvalue weighted by Crippen LogP contribution is -2.59. The van der Waals surface area contributed by atoms with E-state index in [1.54, 1.807) is 11.8 Å². The molecule has 0 aromatic carbocycles. The number of rotatable bonds is 7. The van der Waals surface area contributed by atoms with Gasteiger partial charge in [0.05, 0.1) is 24.8 Å². The molecular formula is C24H42N4O7S2. The number of esters is 1. The van der Waals surface area contributed by atoms with Crippen molar-refractivity contribution in [3.8, 4) is 0 Å². The molecule has 4 fully saturated rings. The van der Waals surface area contributed by atoms with Crippen LogP contribution in [0.1, 0.15) is 47.5 Å². The average molecular weight is 563 g/mol. The molecule has 4 aliphatic rings. The average Bonchev–Trinajstić information content (AvgIpc) is 3.49. The SMILES string of the molecule is CCCN=C1NC2C(O[C@H](CO)[C@@H](O)[C@@H]2O)S1.CCCN=C1NC2C(O[C@H](COC(C)=O)[C@@H](C)[C@@H]2C)S1. The Kier molecular flexibility index (Phi) is 11.8. The van der Waals surface area contributed by atoms with Crippen molar-refractivity contribution in [2.24, 2.45) is 21.8 Å². The zero-order valence-electron chi connectivity index (χ0n) is 22.2. The quantitative estimate of drug-likeness (QED) is 0.281. The molecule has 0 bridgehead atoms. The number of hydrogen-bond acceptors (Lipinski definition) is 11. The largest absolute Gasteiger partial charge is 0.463 e. The molecule has 37 heavy (non-hydrogen) atoms. The van der Waals surface area contributed by atoms with Crippen LogP contribution < -0.4 is 10.6 Å². The molecule has 0 spiro atoms. The fourth-order valence-electron chi connectivity index (χ4n) is 4.49. The molecule has 10 atom stereocenters. The Labute approximate surface area is 227 Å². The molecule has 11 nitrogen and oxygen atoms in total. The second-order valence-corrected chi connectivity index (χ2v) is 11.9. The first-order valence-electron chi connectivity index (χ1n) is 13.1. The molecule has 212 valence electrons. The van der Waals surface area contributed by atoms with E-state index in [0.29, 0.717) is 24.5 Å². The molecule has 4 aliphatic heterocycles. The number of aliphatic hydroxyl groups excluding tert-OH is 3. The molecule has 4 saturated heterocycles. The first-order valence-corrected chi connectivity index (χ1v) is 14.8. The number of ether oxygens (including phenoxy) is 3. The van der Waals surface area contributed by atoms with Gasteiger partial charge in [-0.2, -0.15) is 0 Å². The lowest BCUT2D eigenvalue weighted by molar-refractivity contribution is -0.167. The van der Waals surface area contributed by atoms with Crippen molar-refractivity contribution in [3.05, 3.63) is 0 Å². The van der Waals surface area contributed by atoms with Crippen LogP contribution in [-0.4, -0.2) is 105 Å². The highest BCUT2D eigenvalue weighted by Gasteiger charge is 2.49. The van der Waals surface area contributed by atoms with Gasteiger partial charge in [-0.1, -0.05) is 51.2 Å². The van der Waals surface area contributed by atoms with Gasteiger partial charge in [-0.3, -0.25) is 14.8 Å². The third kappa shape index (κ3) is 7.74. The molecule has 0 saturated carbocycles. The molecule has 0 radical (unpaired) electrons. The predicted molar refractivity (Wildman–Crippen MR) is 146 cm³/mol. The van der Waals surface area contributed by atoms with Crippen molar-refractivity contribution < 1.29 is 34.3 Å². The first kappa shape index (κ1) is 30.5. The fourth-order valence-corrected chi connectivity index (χ4v) is 6.90. The first-order chi connectivity index (χ1) is 17.7. The Bertz CT molecular complexity index is 820. The number of aliphatic imine (C=N–C) groups is 2. The van der Waals surface area contributed by atoms with E-state index in [4.69, 9.17) is 19.3 Å². The van der Waals surface area contributed by atoms with Gasteiger partial charge in [0.15, 0.2) is 10.3 Å². The second kappa shape index (κ2) is 14.3. The Morgan fingerprint density at radius 2 is 1.46 bits per heavy atom. The smallest absolute Gasteiger partial charge is 0.302 e. The summed E-state index contributed by atoms with van der Waals surface area (Å²) in [6.07, 6.45) is -0.788. The van der Waals surface area contributed by atoms with Gasteiger partial charge in [-0.25, -0.2) is 0 Å². The van der Waals surface area contributed by atoms with Gasteiger partial charge in [0.2, 0.25) is 0 Å². The van der Waals surface area contributed by atoms with Crippen LogP contribution >= 0.6 is 23.5 Å². The molecule has 0 amide bonds. The normalized spacial score (nSPS) is 40.8. The Hall–Kier alpha value is -1.09. The highest BCUT2D eigenvalue weighted by molar-refractivity contribution is 8.14. The summed E-state index contributed by atoms with van der Waals surface area (Å²) in [5.74, 6) is 0.545. The topological polar surface area (TPSA) is 154 Å². The highest BCUT2D eigenvalue weighted by Crippen LogP contribution is 2.39. The van der Waals surface area contributed by atoms with E-state index in [1.807, 2.05) is 6.92 Å². The summed E-state index contributed by atoms with van der Waals surface area (Å²) in [7, 11) is 0. The molecule has 0 aliphatic carbocycles. The zero-order valence-corrected chi connectivity index (χ0v) is 23.8. The van der Waals surface area contributed by atoms with Gasteiger partial charge in [0.25, 0.3) is 0 Å². The predicted octanol–water partition coefficient (Wildman–Crippen LogP) is 0.914. The van der Waals surface area contributed by atoms with E-state index in [1.165, 1.54) is 18.7 Å². The van der Waals surface area contributed by atoms with E-state index in [9.17, 15) is 15.0 Å². The number of fused-ring (bicyclic) bond motifs is 2. The number of hydrogen-bond donors (Lipinski definition) is 5. The van der Waals surface area contributed by atoms with Crippen molar-refractivity contribution in [1.29, 1.82) is 0 Å². The number of nitrogens with zero attached hydrogens (tertiary/aromatic N) is 2. The summed E-state index contributed by atoms with van der Waals surface area (Å²) < 4.78 is 16.7. The van der Waals surface area contributed by atoms with Crippen LogP contribution in [0.3, 0.4) is 0 Å². The lowest BCUT2D eigenvalue weighted by atomic mass is 9.83. The van der Waals surface area contributed by atoms with Crippen LogP contribution in [0.5, 0.6) is 0 Å². The minimum atomic E-state index is -1.07. The monoisotopic (exact) mass is 562 g/mol. The van der Waals surface area contributed by atoms with E-state index in [0.717, 1.165) is 36.3 Å². The van der Waals surface area contributed by atoms with E-state index in [2.05, 4.69) is 41.4 Å². The molecule has 13 heteroatoms. The lowest BCUT2D eigenvalue weighted by Gasteiger charge is -2.40. The molecule has 4 unspecified atom stereocenters. The minimum absolute atomic E-state index is 0.0324. The van der Waals surface area contributed by atoms with Gasteiger partial charge < -0.3 is 40.2 Å². The molecule has 0 aromatic heterocycles. The van der Waals surface area contributed by atoms with Gasteiger partial charge in [-0.05, 0) is 24.7 Å². The third-order valence-electron chi connectivity index (χ3n) is 6.91. The van der Waals surface area contributed by atoms with E-state index in [-0.39, 0.29) is 35.6 Å². The van der Waals surface area contributed by atoms with Gasteiger partial charge in [0.1, 0.15) is 35.8 Å². The summed E-state index contributed by atoms with van der Waals surface area (Å²) >= 11 is 3.05. The van der Waals surface area contributed by atoms with E-state index < -0.39 is 18.3 Å². The number of carbonyl (C=O) groups excluding carboxylic acids is 1. The van der Waals surface area contributed by atoms with Gasteiger partial charge in [-0.15, -0.1) is 0 Å². The molecule has 0 aromatic rings. The van der Waals surface area contributed by atoms with Crippen LogP contribution in [0.15, 0.2) is 9.98 Å². The van der Waals surface area contributed by atoms with Gasteiger partial charge >= 0.3 is 5.97 Å². The maximum absolute atomic E-state index is 11.0. The van der Waals surface area contributed by atoms with Crippen LogP contribution in [0.4, 0.5) is 0 Å². The fraction of sp³-hybridized carbons (Fsp3) is 0.875. The van der Waals surface area contributed by atoms with Crippen molar-refractivity contribution in [2.75, 3.05) is 26.3 Å². The summed E-state index contributed by atoms with van der Waals surface area (Å²) in [5, 5.41) is 36.9. The molecule has 4 heterocycles. The maximum atomic E-state index is 11.0. The number of carbonyl (C=O) groups is 1. The van der Waals surface area contributed by atoms with E-state index >= 15 is 0 Å². The van der Waals surface area contributed by atoms with Crippen LogP contribution in [0.2, 0.25) is 0 Å². The third-order valence-corrected chi connectivity index (χ3v) is 9.12. The molecule has 4 rings (SSSR count). The number of thioether (sulfide) groups is 2. The Balaban J connectivity index is 0.000000208.